The first kappa shape index (κ1) is 7.74. The molecule has 0 radical (unpaired) electrons. The second-order valence-corrected chi connectivity index (χ2v) is 3.67. The van der Waals surface area contributed by atoms with Crippen molar-refractivity contribution < 1.29 is 13.4 Å². The van der Waals surface area contributed by atoms with Crippen molar-refractivity contribution >= 4 is 37.2 Å². The minimum atomic E-state index is -2.33. The lowest BCUT2D eigenvalue weighted by atomic mass is 15.8. The van der Waals surface area contributed by atoms with E-state index in [2.05, 4.69) is 4.31 Å². The molecule has 0 aromatic heterocycles. The zero-order valence-corrected chi connectivity index (χ0v) is 6.18. The van der Waals surface area contributed by atoms with E-state index >= 15 is 0 Å². The van der Waals surface area contributed by atoms with Gasteiger partial charge in [-0.3, -0.25) is 0 Å². The maximum absolute atomic E-state index is 9.68. The van der Waals surface area contributed by atoms with Gasteiger partial charge >= 0.3 is 14.8 Å². The van der Waals surface area contributed by atoms with Crippen LogP contribution >= 0.6 is 37.2 Å². The molecule has 0 aliphatic rings. The monoisotopic (exact) mass is 180 g/mol. The molecule has 0 aromatic carbocycles. The van der Waals surface area contributed by atoms with Crippen molar-refractivity contribution in [2.45, 2.75) is 0 Å². The van der Waals surface area contributed by atoms with Gasteiger partial charge in [0, 0.05) is 0 Å². The summed E-state index contributed by atoms with van der Waals surface area (Å²) in [4.78, 5) is 0. The summed E-state index contributed by atoms with van der Waals surface area (Å²) in [5.41, 5.74) is 0. The molecule has 0 heterocycles. The van der Waals surface area contributed by atoms with Gasteiger partial charge in [0.05, 0.1) is 0 Å². The van der Waals surface area contributed by atoms with Crippen molar-refractivity contribution in [2.75, 3.05) is 0 Å². The molecule has 0 spiro atoms. The molecule has 3 nitrogen and oxygen atoms in total. The molecule has 2 unspecified atom stereocenters. The van der Waals surface area contributed by atoms with E-state index in [1.165, 1.54) is 0 Å². The van der Waals surface area contributed by atoms with E-state index in [0.717, 1.165) is 0 Å². The third-order valence-electron chi connectivity index (χ3n) is 0.128. The summed E-state index contributed by atoms with van der Waals surface area (Å²) in [5.74, 6) is 0. The highest BCUT2D eigenvalue weighted by Gasteiger charge is 2.31. The molecule has 2 atom stereocenters. The standard InChI is InChI=1S/Cl2O3P2/c1-6(3)5-7(2)4/q+2. The maximum Gasteiger partial charge on any atom is 0.684 e. The van der Waals surface area contributed by atoms with Gasteiger partial charge in [0.15, 0.2) is 0 Å². The minimum absolute atomic E-state index is 2.33. The van der Waals surface area contributed by atoms with E-state index in [1.54, 1.807) is 0 Å². The van der Waals surface area contributed by atoms with Gasteiger partial charge in [0.1, 0.15) is 4.31 Å². The van der Waals surface area contributed by atoms with E-state index in [1.807, 2.05) is 0 Å². The molecule has 0 rings (SSSR count). The summed E-state index contributed by atoms with van der Waals surface area (Å²) in [6.45, 7) is 0. The van der Waals surface area contributed by atoms with Crippen LogP contribution in [0, 0.1) is 0 Å². The fourth-order valence-corrected chi connectivity index (χ4v) is 1.75. The Labute approximate surface area is 51.3 Å². The molecule has 40 valence electrons. The lowest BCUT2D eigenvalue weighted by Gasteiger charge is -1.47. The van der Waals surface area contributed by atoms with Gasteiger partial charge in [0.25, 0.3) is 0 Å². The van der Waals surface area contributed by atoms with Crippen LogP contribution in [0.2, 0.25) is 0 Å². The number of rotatable bonds is 2. The molecule has 0 aliphatic carbocycles. The topological polar surface area (TPSA) is 43.4 Å². The van der Waals surface area contributed by atoms with Crippen molar-refractivity contribution in [3.8, 4) is 0 Å². The van der Waals surface area contributed by atoms with Gasteiger partial charge in [-0.1, -0.05) is 0 Å². The summed E-state index contributed by atoms with van der Waals surface area (Å²) in [6, 6.07) is 0. The highest BCUT2D eigenvalue weighted by Crippen LogP contribution is 2.43. The van der Waals surface area contributed by atoms with Gasteiger partial charge in [-0.15, -0.1) is 0 Å². The number of hydrogen-bond donors (Lipinski definition) is 0. The first-order valence-electron chi connectivity index (χ1n) is 1.07. The Kier molecular flexibility index (Phi) is 4.10. The third kappa shape index (κ3) is 6.74. The quantitative estimate of drug-likeness (QED) is 0.614. The predicted octanol–water partition coefficient (Wildman–Crippen LogP) is 2.80. The first-order valence-corrected chi connectivity index (χ1v) is 5.23. The molecule has 0 saturated carbocycles. The summed E-state index contributed by atoms with van der Waals surface area (Å²) in [7, 11) is -4.67. The molecule has 7 heavy (non-hydrogen) atoms. The Morgan fingerprint density at radius 2 is 1.43 bits per heavy atom. The molecule has 0 saturated heterocycles. The van der Waals surface area contributed by atoms with Gasteiger partial charge < -0.3 is 0 Å². The van der Waals surface area contributed by atoms with Crippen molar-refractivity contribution in [3.05, 3.63) is 0 Å². The molecular formula is Cl2O3P2+2. The van der Waals surface area contributed by atoms with Crippen molar-refractivity contribution in [3.63, 3.8) is 0 Å². The Hall–Kier alpha value is 0.740. The first-order chi connectivity index (χ1) is 3.13. The highest BCUT2D eigenvalue weighted by atomic mass is 35.7. The molecule has 0 N–H and O–H groups in total. The third-order valence-corrected chi connectivity index (χ3v) is 2.27. The Balaban J connectivity index is 3.32. The van der Waals surface area contributed by atoms with E-state index in [4.69, 9.17) is 22.5 Å². The van der Waals surface area contributed by atoms with Crippen LogP contribution in [0.4, 0.5) is 0 Å². The van der Waals surface area contributed by atoms with Gasteiger partial charge in [-0.25, -0.2) is 0 Å². The van der Waals surface area contributed by atoms with Crippen LogP contribution in [0.5, 0.6) is 0 Å². The molecule has 0 fully saturated rings. The van der Waals surface area contributed by atoms with Crippen molar-refractivity contribution in [1.82, 2.24) is 0 Å². The Morgan fingerprint density at radius 3 is 1.43 bits per heavy atom. The van der Waals surface area contributed by atoms with Crippen LogP contribution in [-0.2, 0) is 13.4 Å². The van der Waals surface area contributed by atoms with Crippen LogP contribution in [0.3, 0.4) is 0 Å². The smallest absolute Gasteiger partial charge is 0.00548 e. The fourth-order valence-electron chi connectivity index (χ4n) is 0.0505. The second kappa shape index (κ2) is 3.71. The molecule has 7 heteroatoms. The second-order valence-electron chi connectivity index (χ2n) is 0.507. The largest absolute Gasteiger partial charge is 0.684 e. The van der Waals surface area contributed by atoms with E-state index in [-0.39, 0.29) is 0 Å². The maximum atomic E-state index is 9.68. The average molecular weight is 181 g/mol. The Bertz CT molecular complexity index is 87.1. The summed E-state index contributed by atoms with van der Waals surface area (Å²) in [5, 5.41) is 0. The van der Waals surface area contributed by atoms with Gasteiger partial charge in [0.2, 0.25) is 22.5 Å². The van der Waals surface area contributed by atoms with E-state index in [9.17, 15) is 9.13 Å². The summed E-state index contributed by atoms with van der Waals surface area (Å²) < 4.78 is 23.2. The minimum Gasteiger partial charge on any atom is -0.00548 e. The lowest BCUT2D eigenvalue weighted by Crippen LogP contribution is -1.44. The summed E-state index contributed by atoms with van der Waals surface area (Å²) in [6.07, 6.45) is 0. The van der Waals surface area contributed by atoms with Crippen molar-refractivity contribution in [1.29, 1.82) is 0 Å². The molecule has 0 bridgehead atoms. The number of hydrogen-bond acceptors (Lipinski definition) is 3. The molecular weight excluding hydrogens is 181 g/mol. The van der Waals surface area contributed by atoms with Gasteiger partial charge in [-0.05, 0) is 9.13 Å². The lowest BCUT2D eigenvalue weighted by molar-refractivity contribution is 0.508. The van der Waals surface area contributed by atoms with Crippen LogP contribution in [-0.4, -0.2) is 0 Å². The van der Waals surface area contributed by atoms with Gasteiger partial charge in [-0.2, -0.15) is 0 Å². The predicted molar refractivity (Wildman–Crippen MR) is 28.0 cm³/mol. The van der Waals surface area contributed by atoms with E-state index in [0.29, 0.717) is 0 Å². The SMILES string of the molecule is O=[P+](Cl)O[P+](=O)Cl. The zero-order valence-electron chi connectivity index (χ0n) is 2.88. The highest BCUT2D eigenvalue weighted by molar-refractivity contribution is 7.80. The van der Waals surface area contributed by atoms with Crippen molar-refractivity contribution in [2.24, 2.45) is 0 Å². The normalized spacial score (nSPS) is 13.4. The van der Waals surface area contributed by atoms with Crippen LogP contribution in [0.1, 0.15) is 0 Å². The number of halogens is 2. The van der Waals surface area contributed by atoms with Crippen LogP contribution < -0.4 is 0 Å². The fraction of sp³-hybridized carbons (Fsp3) is 0. The van der Waals surface area contributed by atoms with Crippen LogP contribution in [0.25, 0.3) is 0 Å². The Morgan fingerprint density at radius 1 is 1.14 bits per heavy atom. The average Bonchev–Trinajstić information content (AvgIpc) is 1.27. The molecule has 0 aromatic rings. The summed E-state index contributed by atoms with van der Waals surface area (Å²) >= 11 is 9.38. The zero-order chi connectivity index (χ0) is 5.86. The molecule has 0 amide bonds. The van der Waals surface area contributed by atoms with E-state index < -0.39 is 14.8 Å². The van der Waals surface area contributed by atoms with Crippen LogP contribution in [0.15, 0.2) is 0 Å². The molecule has 0 aliphatic heterocycles.